The van der Waals surface area contributed by atoms with Crippen LogP contribution in [0.1, 0.15) is 53.3 Å². The zero-order chi connectivity index (χ0) is 24.2. The summed E-state index contributed by atoms with van der Waals surface area (Å²) in [5.74, 6) is 3.23. The van der Waals surface area contributed by atoms with Crippen LogP contribution in [0.25, 0.3) is 0 Å². The van der Waals surface area contributed by atoms with Gasteiger partial charge in [0, 0.05) is 44.5 Å². The molecule has 0 aliphatic carbocycles. The van der Waals surface area contributed by atoms with Gasteiger partial charge in [-0.2, -0.15) is 5.10 Å². The van der Waals surface area contributed by atoms with E-state index < -0.39 is 0 Å². The average Bonchev–Trinajstić information content (AvgIpc) is 3.48. The van der Waals surface area contributed by atoms with Gasteiger partial charge in [-0.1, -0.05) is 0 Å². The van der Waals surface area contributed by atoms with Crippen molar-refractivity contribution in [1.82, 2.24) is 24.2 Å². The van der Waals surface area contributed by atoms with Crippen molar-refractivity contribution in [2.75, 3.05) is 34.4 Å². The normalized spacial score (nSPS) is 14.3. The molecule has 3 heterocycles. The molecule has 1 aliphatic heterocycles. The van der Waals surface area contributed by atoms with E-state index >= 15 is 0 Å². The summed E-state index contributed by atoms with van der Waals surface area (Å²) in [5, 5.41) is 4.42. The van der Waals surface area contributed by atoms with E-state index in [4.69, 9.17) is 14.2 Å². The number of aromatic nitrogens is 4. The van der Waals surface area contributed by atoms with Gasteiger partial charge in [-0.15, -0.1) is 0 Å². The molecule has 9 heteroatoms. The van der Waals surface area contributed by atoms with Gasteiger partial charge >= 0.3 is 0 Å². The van der Waals surface area contributed by atoms with Crippen molar-refractivity contribution in [3.8, 4) is 17.2 Å². The van der Waals surface area contributed by atoms with E-state index in [0.29, 0.717) is 55.0 Å². The molecule has 0 radical (unpaired) electrons. The highest BCUT2D eigenvalue weighted by atomic mass is 16.5. The van der Waals surface area contributed by atoms with Crippen LogP contribution in [0.2, 0.25) is 0 Å². The minimum absolute atomic E-state index is 0.0571. The quantitative estimate of drug-likeness (QED) is 0.504. The lowest BCUT2D eigenvalue weighted by molar-refractivity contribution is 0.0698. The lowest BCUT2D eigenvalue weighted by Crippen LogP contribution is -2.39. The fourth-order valence-electron chi connectivity index (χ4n) is 4.70. The number of nitrogens with zero attached hydrogens (tertiary/aromatic N) is 5. The number of piperidine rings is 1. The first-order valence-electron chi connectivity index (χ1n) is 11.6. The van der Waals surface area contributed by atoms with Crippen molar-refractivity contribution in [2.24, 2.45) is 0 Å². The maximum absolute atomic E-state index is 13.1. The molecule has 0 saturated carbocycles. The summed E-state index contributed by atoms with van der Waals surface area (Å²) in [6.45, 7) is 6.65. The highest BCUT2D eigenvalue weighted by Crippen LogP contribution is 2.38. The Morgan fingerprint density at radius 2 is 1.74 bits per heavy atom. The number of benzene rings is 1. The molecular weight excluding hydrogens is 434 g/mol. The van der Waals surface area contributed by atoms with Gasteiger partial charge < -0.3 is 23.7 Å². The number of carbonyl (C=O) groups is 1. The zero-order valence-electron chi connectivity index (χ0n) is 20.6. The third-order valence-electron chi connectivity index (χ3n) is 6.39. The molecule has 2 aromatic heterocycles. The third kappa shape index (κ3) is 4.60. The fourth-order valence-corrected chi connectivity index (χ4v) is 4.70. The second-order valence-electron chi connectivity index (χ2n) is 8.50. The second-order valence-corrected chi connectivity index (χ2v) is 8.50. The molecular formula is C25H33N5O4. The summed E-state index contributed by atoms with van der Waals surface area (Å²) in [4.78, 5) is 19.7. The molecule has 1 aliphatic rings. The van der Waals surface area contributed by atoms with E-state index in [1.54, 1.807) is 26.0 Å². The number of likely N-dealkylation sites (tertiary alicyclic amines) is 1. The topological polar surface area (TPSA) is 83.6 Å². The molecule has 0 N–H and O–H groups in total. The van der Waals surface area contributed by atoms with Gasteiger partial charge in [0.15, 0.2) is 11.5 Å². The molecule has 182 valence electrons. The standard InChI is InChI=1S/C25H33N5O4/c1-6-30-20(13-17(2)27-30)25(31)28-10-7-19(8-11-28)24-26-9-12-29(24)16-18-14-21(32-3)23(34-5)22(15-18)33-4/h9,12-15,19H,6-8,10-11,16H2,1-5H3. The number of aryl methyl sites for hydroxylation is 2. The number of methoxy groups -OCH3 is 3. The van der Waals surface area contributed by atoms with Gasteiger partial charge in [0.1, 0.15) is 11.5 Å². The van der Waals surface area contributed by atoms with Crippen LogP contribution in [0.15, 0.2) is 30.6 Å². The van der Waals surface area contributed by atoms with Gasteiger partial charge in [0.2, 0.25) is 5.75 Å². The largest absolute Gasteiger partial charge is 0.493 e. The predicted molar refractivity (Wildman–Crippen MR) is 128 cm³/mol. The zero-order valence-corrected chi connectivity index (χ0v) is 20.6. The SMILES string of the molecule is CCn1nc(C)cc1C(=O)N1CCC(c2nccn2Cc2cc(OC)c(OC)c(OC)c2)CC1. The molecule has 9 nitrogen and oxygen atoms in total. The number of amides is 1. The Morgan fingerprint density at radius 1 is 1.06 bits per heavy atom. The van der Waals surface area contributed by atoms with Crippen LogP contribution in [0.4, 0.5) is 0 Å². The van der Waals surface area contributed by atoms with Crippen LogP contribution < -0.4 is 14.2 Å². The molecule has 0 unspecified atom stereocenters. The second kappa shape index (κ2) is 10.2. The Labute approximate surface area is 200 Å². The molecule has 34 heavy (non-hydrogen) atoms. The minimum atomic E-state index is 0.0571. The number of hydrogen-bond donors (Lipinski definition) is 0. The van der Waals surface area contributed by atoms with Crippen molar-refractivity contribution in [2.45, 2.75) is 45.7 Å². The third-order valence-corrected chi connectivity index (χ3v) is 6.39. The number of rotatable bonds is 8. The van der Waals surface area contributed by atoms with Crippen molar-refractivity contribution in [1.29, 1.82) is 0 Å². The van der Waals surface area contributed by atoms with Crippen molar-refractivity contribution in [3.63, 3.8) is 0 Å². The summed E-state index contributed by atoms with van der Waals surface area (Å²) in [6.07, 6.45) is 5.58. The predicted octanol–water partition coefficient (Wildman–Crippen LogP) is 3.50. The average molecular weight is 468 g/mol. The summed E-state index contributed by atoms with van der Waals surface area (Å²) < 4.78 is 20.4. The van der Waals surface area contributed by atoms with E-state index in [0.717, 1.165) is 29.9 Å². The number of carbonyl (C=O) groups excluding carboxylic acids is 1. The first-order valence-corrected chi connectivity index (χ1v) is 11.6. The summed E-state index contributed by atoms with van der Waals surface area (Å²) in [5.41, 5.74) is 2.57. The first-order chi connectivity index (χ1) is 16.5. The molecule has 3 aromatic rings. The molecule has 1 aromatic carbocycles. The molecule has 4 rings (SSSR count). The van der Waals surface area contributed by atoms with Crippen LogP contribution in [-0.4, -0.2) is 64.6 Å². The summed E-state index contributed by atoms with van der Waals surface area (Å²) in [7, 11) is 4.84. The van der Waals surface area contributed by atoms with E-state index in [1.807, 2.05) is 49.3 Å². The van der Waals surface area contributed by atoms with Gasteiger partial charge in [-0.25, -0.2) is 4.98 Å². The Hall–Kier alpha value is -3.49. The summed E-state index contributed by atoms with van der Waals surface area (Å²) >= 11 is 0. The Bertz CT molecular complexity index is 1120. The monoisotopic (exact) mass is 467 g/mol. The van der Waals surface area contributed by atoms with E-state index in [2.05, 4.69) is 14.6 Å². The molecule has 1 amide bonds. The fraction of sp³-hybridized carbons (Fsp3) is 0.480. The van der Waals surface area contributed by atoms with Gasteiger partial charge in [-0.05, 0) is 50.5 Å². The Kier molecular flexibility index (Phi) is 7.09. The number of imidazole rings is 1. The number of hydrogen-bond acceptors (Lipinski definition) is 6. The van der Waals surface area contributed by atoms with Crippen LogP contribution in [0.3, 0.4) is 0 Å². The maximum Gasteiger partial charge on any atom is 0.272 e. The van der Waals surface area contributed by atoms with Crippen LogP contribution in [-0.2, 0) is 13.1 Å². The molecule has 1 fully saturated rings. The van der Waals surface area contributed by atoms with Gasteiger partial charge in [0.05, 0.1) is 27.0 Å². The molecule has 0 atom stereocenters. The summed E-state index contributed by atoms with van der Waals surface area (Å²) in [6, 6.07) is 5.80. The van der Waals surface area contributed by atoms with Crippen LogP contribution in [0, 0.1) is 6.92 Å². The highest BCUT2D eigenvalue weighted by molar-refractivity contribution is 5.92. The van der Waals surface area contributed by atoms with Crippen molar-refractivity contribution >= 4 is 5.91 Å². The number of ether oxygens (including phenoxy) is 3. The lowest BCUT2D eigenvalue weighted by Gasteiger charge is -2.32. The Morgan fingerprint density at radius 3 is 2.32 bits per heavy atom. The lowest BCUT2D eigenvalue weighted by atomic mass is 9.95. The van der Waals surface area contributed by atoms with Crippen molar-refractivity contribution < 1.29 is 19.0 Å². The highest BCUT2D eigenvalue weighted by Gasteiger charge is 2.28. The van der Waals surface area contributed by atoms with E-state index in [1.165, 1.54) is 0 Å². The van der Waals surface area contributed by atoms with Crippen LogP contribution >= 0.6 is 0 Å². The van der Waals surface area contributed by atoms with E-state index in [-0.39, 0.29) is 5.91 Å². The minimum Gasteiger partial charge on any atom is -0.493 e. The molecule has 0 bridgehead atoms. The Balaban J connectivity index is 1.46. The maximum atomic E-state index is 13.1. The van der Waals surface area contributed by atoms with Crippen molar-refractivity contribution in [3.05, 3.63) is 53.4 Å². The van der Waals surface area contributed by atoms with Gasteiger partial charge in [-0.3, -0.25) is 9.48 Å². The smallest absolute Gasteiger partial charge is 0.272 e. The first kappa shape index (κ1) is 23.7. The van der Waals surface area contributed by atoms with E-state index in [9.17, 15) is 4.79 Å². The van der Waals surface area contributed by atoms with Gasteiger partial charge in [0.25, 0.3) is 5.91 Å². The molecule has 1 saturated heterocycles. The molecule has 0 spiro atoms. The van der Waals surface area contributed by atoms with Crippen LogP contribution in [0.5, 0.6) is 17.2 Å².